The maximum absolute atomic E-state index is 13.0. The number of aryl methyl sites for hydroxylation is 1. The van der Waals surface area contributed by atoms with Crippen LogP contribution in [0.1, 0.15) is 22.9 Å². The summed E-state index contributed by atoms with van der Waals surface area (Å²) in [5.41, 5.74) is 2.08. The molecule has 2 heterocycles. The Kier molecular flexibility index (Phi) is 3.54. The molecule has 0 aromatic carbocycles. The number of hydrogen-bond acceptors (Lipinski definition) is 4. The highest BCUT2D eigenvalue weighted by Gasteiger charge is 2.36. The van der Waals surface area contributed by atoms with Crippen molar-refractivity contribution in [2.45, 2.75) is 12.2 Å². The molecule has 0 bridgehead atoms. The van der Waals surface area contributed by atoms with Crippen LogP contribution in [0.5, 0.6) is 0 Å². The smallest absolute Gasteiger partial charge is 0.271 e. The minimum atomic E-state index is -4.47. The second-order valence-electron chi connectivity index (χ2n) is 3.94. The Bertz CT molecular complexity index is 563. The van der Waals surface area contributed by atoms with Crippen LogP contribution in [0.15, 0.2) is 30.7 Å². The largest absolute Gasteiger partial charge is 0.416 e. The molecule has 2 rings (SSSR count). The second kappa shape index (κ2) is 4.98. The van der Waals surface area contributed by atoms with Crippen molar-refractivity contribution in [2.24, 2.45) is 12.9 Å². The van der Waals surface area contributed by atoms with E-state index in [-0.39, 0.29) is 5.56 Å². The summed E-state index contributed by atoms with van der Waals surface area (Å²) < 4.78 is 40.4. The maximum Gasteiger partial charge on any atom is 0.416 e. The first kappa shape index (κ1) is 13.5. The molecule has 0 amide bonds. The third-order valence-corrected chi connectivity index (χ3v) is 2.79. The second-order valence-corrected chi connectivity index (χ2v) is 3.94. The number of rotatable bonds is 3. The topological polar surface area (TPSA) is 68.8 Å². The molecule has 3 N–H and O–H groups in total. The van der Waals surface area contributed by atoms with Crippen LogP contribution in [0.2, 0.25) is 0 Å². The first-order chi connectivity index (χ1) is 8.95. The lowest BCUT2D eigenvalue weighted by atomic mass is 10.0. The third kappa shape index (κ3) is 2.59. The van der Waals surface area contributed by atoms with Gasteiger partial charge in [-0.2, -0.15) is 18.3 Å². The fourth-order valence-electron chi connectivity index (χ4n) is 1.90. The van der Waals surface area contributed by atoms with Gasteiger partial charge in [-0.1, -0.05) is 0 Å². The highest BCUT2D eigenvalue weighted by atomic mass is 19.4. The summed E-state index contributed by atoms with van der Waals surface area (Å²) in [5.74, 6) is 5.39. The summed E-state index contributed by atoms with van der Waals surface area (Å²) in [6, 6.07) is 1.69. The van der Waals surface area contributed by atoms with E-state index in [9.17, 15) is 13.2 Å². The zero-order valence-corrected chi connectivity index (χ0v) is 10.0. The van der Waals surface area contributed by atoms with Crippen LogP contribution in [0, 0.1) is 0 Å². The summed E-state index contributed by atoms with van der Waals surface area (Å²) in [6.45, 7) is 0. The maximum atomic E-state index is 13.0. The Hall–Kier alpha value is -1.93. The molecular formula is C11H12F3N5. The van der Waals surface area contributed by atoms with E-state index in [1.807, 2.05) is 0 Å². The van der Waals surface area contributed by atoms with Crippen molar-refractivity contribution in [3.05, 3.63) is 47.5 Å². The number of hydrazine groups is 1. The number of nitrogens with one attached hydrogen (secondary N) is 1. The molecule has 19 heavy (non-hydrogen) atoms. The monoisotopic (exact) mass is 271 g/mol. The van der Waals surface area contributed by atoms with Gasteiger partial charge in [0.05, 0.1) is 17.3 Å². The van der Waals surface area contributed by atoms with Crippen molar-refractivity contribution >= 4 is 0 Å². The molecule has 0 aliphatic heterocycles. The third-order valence-electron chi connectivity index (χ3n) is 2.79. The van der Waals surface area contributed by atoms with E-state index >= 15 is 0 Å². The minimum Gasteiger partial charge on any atom is -0.271 e. The van der Waals surface area contributed by atoms with E-state index in [1.54, 1.807) is 13.1 Å². The van der Waals surface area contributed by atoms with Crippen molar-refractivity contribution in [1.29, 1.82) is 0 Å². The van der Waals surface area contributed by atoms with E-state index in [1.165, 1.54) is 10.9 Å². The quantitative estimate of drug-likeness (QED) is 0.654. The molecule has 0 aliphatic carbocycles. The molecule has 0 saturated carbocycles. The molecule has 1 unspecified atom stereocenters. The van der Waals surface area contributed by atoms with Crippen LogP contribution in [0.3, 0.4) is 0 Å². The van der Waals surface area contributed by atoms with Crippen LogP contribution in [0.25, 0.3) is 0 Å². The fraction of sp³-hybridized carbons (Fsp3) is 0.273. The van der Waals surface area contributed by atoms with E-state index in [0.29, 0.717) is 5.69 Å². The van der Waals surface area contributed by atoms with Gasteiger partial charge >= 0.3 is 6.18 Å². The minimum absolute atomic E-state index is 0.0406. The molecule has 2 aromatic heterocycles. The molecule has 5 nitrogen and oxygen atoms in total. The standard InChI is InChI=1S/C11H12F3N5/c1-19-9(3-5-17-19)10(18-15)7-6-16-4-2-8(7)11(12,13)14/h2-6,10,18H,15H2,1H3. The number of nitrogens with zero attached hydrogens (tertiary/aromatic N) is 3. The molecule has 8 heteroatoms. The van der Waals surface area contributed by atoms with Crippen LogP contribution >= 0.6 is 0 Å². The average molecular weight is 271 g/mol. The molecule has 0 saturated heterocycles. The van der Waals surface area contributed by atoms with Crippen LogP contribution in [-0.2, 0) is 13.2 Å². The fourth-order valence-corrected chi connectivity index (χ4v) is 1.90. The molecule has 0 spiro atoms. The number of hydrogen-bond donors (Lipinski definition) is 2. The SMILES string of the molecule is Cn1nccc1C(NN)c1cnccc1C(F)(F)F. The van der Waals surface area contributed by atoms with Gasteiger partial charge in [-0.15, -0.1) is 0 Å². The van der Waals surface area contributed by atoms with Crippen molar-refractivity contribution in [1.82, 2.24) is 20.2 Å². The lowest BCUT2D eigenvalue weighted by molar-refractivity contribution is -0.138. The average Bonchev–Trinajstić information content (AvgIpc) is 2.76. The van der Waals surface area contributed by atoms with Gasteiger partial charge in [-0.05, 0) is 12.1 Å². The first-order valence-electron chi connectivity index (χ1n) is 5.40. The Morgan fingerprint density at radius 2 is 2.05 bits per heavy atom. The Morgan fingerprint density at radius 1 is 1.32 bits per heavy atom. The lowest BCUT2D eigenvalue weighted by Crippen LogP contribution is -2.32. The molecule has 1 atom stereocenters. The summed E-state index contributed by atoms with van der Waals surface area (Å²) in [4.78, 5) is 3.74. The van der Waals surface area contributed by atoms with Crippen LogP contribution < -0.4 is 11.3 Å². The van der Waals surface area contributed by atoms with Gasteiger partial charge < -0.3 is 0 Å². The van der Waals surface area contributed by atoms with Gasteiger partial charge in [0.15, 0.2) is 0 Å². The summed E-state index contributed by atoms with van der Waals surface area (Å²) in [5, 5.41) is 3.92. The first-order valence-corrected chi connectivity index (χ1v) is 5.40. The van der Waals surface area contributed by atoms with Gasteiger partial charge in [-0.25, -0.2) is 5.43 Å². The van der Waals surface area contributed by atoms with E-state index in [0.717, 1.165) is 18.5 Å². The van der Waals surface area contributed by atoms with E-state index in [4.69, 9.17) is 5.84 Å². The zero-order chi connectivity index (χ0) is 14.0. The van der Waals surface area contributed by atoms with Gasteiger partial charge in [0.1, 0.15) is 0 Å². The summed E-state index contributed by atoms with van der Waals surface area (Å²) in [6.07, 6.45) is -0.723. The Labute approximate surface area is 107 Å². The number of halogens is 3. The van der Waals surface area contributed by atoms with Gasteiger partial charge in [0.25, 0.3) is 0 Å². The highest BCUT2D eigenvalue weighted by molar-refractivity contribution is 5.34. The van der Waals surface area contributed by atoms with Gasteiger partial charge in [0.2, 0.25) is 0 Å². The number of alkyl halides is 3. The molecule has 0 aliphatic rings. The van der Waals surface area contributed by atoms with E-state index < -0.39 is 17.8 Å². The van der Waals surface area contributed by atoms with Crippen LogP contribution in [0.4, 0.5) is 13.2 Å². The summed E-state index contributed by atoms with van der Waals surface area (Å²) >= 11 is 0. The molecule has 0 radical (unpaired) electrons. The number of nitrogens with two attached hydrogens (primary N) is 1. The molecular weight excluding hydrogens is 259 g/mol. The van der Waals surface area contributed by atoms with Gasteiger partial charge in [-0.3, -0.25) is 15.5 Å². The highest BCUT2D eigenvalue weighted by Crippen LogP contribution is 2.35. The van der Waals surface area contributed by atoms with E-state index in [2.05, 4.69) is 15.5 Å². The van der Waals surface area contributed by atoms with Crippen LogP contribution in [-0.4, -0.2) is 14.8 Å². The van der Waals surface area contributed by atoms with Crippen molar-refractivity contribution < 1.29 is 13.2 Å². The van der Waals surface area contributed by atoms with Crippen molar-refractivity contribution in [2.75, 3.05) is 0 Å². The number of pyridine rings is 1. The predicted molar refractivity (Wildman–Crippen MR) is 61.6 cm³/mol. The van der Waals surface area contributed by atoms with Crippen molar-refractivity contribution in [3.63, 3.8) is 0 Å². The van der Waals surface area contributed by atoms with Crippen molar-refractivity contribution in [3.8, 4) is 0 Å². The lowest BCUT2D eigenvalue weighted by Gasteiger charge is -2.20. The number of aromatic nitrogens is 3. The zero-order valence-electron chi connectivity index (χ0n) is 10.0. The molecule has 0 fully saturated rings. The normalized spacial score (nSPS) is 13.5. The predicted octanol–water partition coefficient (Wildman–Crippen LogP) is 1.39. The Morgan fingerprint density at radius 3 is 2.58 bits per heavy atom. The summed E-state index contributed by atoms with van der Waals surface area (Å²) in [7, 11) is 1.63. The molecule has 102 valence electrons. The Balaban J connectivity index is 2.54. The van der Waals surface area contributed by atoms with Gasteiger partial charge in [0, 0.05) is 31.2 Å². The molecule has 2 aromatic rings.